The van der Waals surface area contributed by atoms with Crippen molar-refractivity contribution in [3.63, 3.8) is 0 Å². The maximum absolute atomic E-state index is 12.2. The Bertz CT molecular complexity index is 814. The van der Waals surface area contributed by atoms with Gasteiger partial charge in [-0.3, -0.25) is 4.79 Å². The van der Waals surface area contributed by atoms with Crippen molar-refractivity contribution in [3.05, 3.63) is 58.0 Å². The smallest absolute Gasteiger partial charge is 0.253 e. The van der Waals surface area contributed by atoms with Crippen LogP contribution in [0, 0.1) is 0 Å². The molecule has 0 radical (unpaired) electrons. The first-order valence-electron chi connectivity index (χ1n) is 7.93. The molecule has 3 aromatic heterocycles. The topological polar surface area (TPSA) is 84.2 Å². The van der Waals surface area contributed by atoms with Crippen molar-refractivity contribution in [1.82, 2.24) is 20.4 Å². The summed E-state index contributed by atoms with van der Waals surface area (Å²) in [6, 6.07) is 5.38. The number of carbonyl (C=O) groups excluding carboxylic acids is 1. The van der Waals surface area contributed by atoms with Gasteiger partial charge in [0.25, 0.3) is 5.91 Å². The van der Waals surface area contributed by atoms with Gasteiger partial charge < -0.3 is 14.7 Å². The minimum Gasteiger partial charge on any atom is -0.364 e. The monoisotopic (exact) mass is 357 g/mol. The van der Waals surface area contributed by atoms with E-state index in [0.29, 0.717) is 18.7 Å². The van der Waals surface area contributed by atoms with Crippen LogP contribution in [0.4, 0.5) is 5.82 Å². The van der Waals surface area contributed by atoms with Gasteiger partial charge in [0.1, 0.15) is 22.8 Å². The second kappa shape index (κ2) is 7.89. The molecule has 3 heterocycles. The molecule has 0 saturated carbocycles. The Morgan fingerprint density at radius 2 is 2.20 bits per heavy atom. The third-order valence-corrected chi connectivity index (χ3v) is 4.55. The molecule has 0 atom stereocenters. The molecule has 1 N–H and O–H groups in total. The maximum Gasteiger partial charge on any atom is 0.253 e. The summed E-state index contributed by atoms with van der Waals surface area (Å²) >= 11 is 1.56. The highest BCUT2D eigenvalue weighted by Gasteiger charge is 2.10. The van der Waals surface area contributed by atoms with E-state index in [1.165, 1.54) is 6.26 Å². The van der Waals surface area contributed by atoms with Gasteiger partial charge >= 0.3 is 0 Å². The molecule has 0 aliphatic rings. The van der Waals surface area contributed by atoms with E-state index in [9.17, 15) is 4.79 Å². The summed E-state index contributed by atoms with van der Waals surface area (Å²) < 4.78 is 4.82. The molecule has 0 aliphatic heterocycles. The first-order chi connectivity index (χ1) is 12.2. The number of nitrogens with one attached hydrogen (secondary N) is 1. The fraction of sp³-hybridized carbons (Fsp3) is 0.294. The van der Waals surface area contributed by atoms with E-state index in [1.54, 1.807) is 29.7 Å². The van der Waals surface area contributed by atoms with E-state index in [0.717, 1.165) is 28.6 Å². The largest absolute Gasteiger partial charge is 0.364 e. The summed E-state index contributed by atoms with van der Waals surface area (Å²) in [7, 11) is 1.91. The van der Waals surface area contributed by atoms with Crippen LogP contribution in [0.2, 0.25) is 0 Å². The molecule has 0 fully saturated rings. The van der Waals surface area contributed by atoms with Gasteiger partial charge in [-0.15, -0.1) is 11.3 Å². The highest BCUT2D eigenvalue weighted by Crippen LogP contribution is 2.13. The Morgan fingerprint density at radius 1 is 1.32 bits per heavy atom. The first-order valence-corrected chi connectivity index (χ1v) is 8.81. The predicted octanol–water partition coefficient (Wildman–Crippen LogP) is 2.65. The molecule has 3 rings (SSSR count). The Balaban J connectivity index is 1.56. The van der Waals surface area contributed by atoms with Crippen LogP contribution in [0.5, 0.6) is 0 Å². The van der Waals surface area contributed by atoms with Gasteiger partial charge in [0, 0.05) is 24.7 Å². The van der Waals surface area contributed by atoms with Gasteiger partial charge in [0.15, 0.2) is 0 Å². The number of anilines is 1. The van der Waals surface area contributed by atoms with E-state index >= 15 is 0 Å². The number of nitrogens with zero attached hydrogens (tertiary/aromatic N) is 4. The number of aromatic nitrogens is 3. The van der Waals surface area contributed by atoms with Crippen LogP contribution in [0.1, 0.15) is 33.7 Å². The van der Waals surface area contributed by atoms with E-state index < -0.39 is 0 Å². The van der Waals surface area contributed by atoms with Crippen molar-refractivity contribution in [1.29, 1.82) is 0 Å². The van der Waals surface area contributed by atoms with Gasteiger partial charge in [0.2, 0.25) is 0 Å². The second-order valence-corrected chi connectivity index (χ2v) is 6.46. The number of carbonyl (C=O) groups is 1. The summed E-state index contributed by atoms with van der Waals surface area (Å²) in [4.78, 5) is 22.9. The lowest BCUT2D eigenvalue weighted by atomic mass is 10.2. The minimum absolute atomic E-state index is 0.161. The predicted molar refractivity (Wildman–Crippen MR) is 95.5 cm³/mol. The van der Waals surface area contributed by atoms with Crippen molar-refractivity contribution in [2.45, 2.75) is 26.4 Å². The van der Waals surface area contributed by atoms with Crippen LogP contribution in [0.15, 0.2) is 40.6 Å². The molecule has 8 heteroatoms. The van der Waals surface area contributed by atoms with Crippen LogP contribution in [0.3, 0.4) is 0 Å². The average Bonchev–Trinajstić information content (AvgIpc) is 3.31. The van der Waals surface area contributed by atoms with E-state index in [2.05, 4.69) is 27.4 Å². The Morgan fingerprint density at radius 3 is 2.84 bits per heavy atom. The van der Waals surface area contributed by atoms with Crippen LogP contribution in [0.25, 0.3) is 0 Å². The zero-order chi connectivity index (χ0) is 17.6. The summed E-state index contributed by atoms with van der Waals surface area (Å²) in [5.41, 5.74) is 2.39. The Hall–Kier alpha value is -2.74. The average molecular weight is 357 g/mol. The maximum atomic E-state index is 12.2. The lowest BCUT2D eigenvalue weighted by Crippen LogP contribution is -2.23. The zero-order valence-corrected chi connectivity index (χ0v) is 14.9. The number of hydrogen-bond acceptors (Lipinski definition) is 7. The van der Waals surface area contributed by atoms with Crippen molar-refractivity contribution in [2.75, 3.05) is 11.9 Å². The molecule has 0 bridgehead atoms. The van der Waals surface area contributed by atoms with Crippen LogP contribution in [-0.4, -0.2) is 28.1 Å². The molecule has 25 heavy (non-hydrogen) atoms. The van der Waals surface area contributed by atoms with Crippen molar-refractivity contribution >= 4 is 23.1 Å². The molecular weight excluding hydrogens is 338 g/mol. The summed E-state index contributed by atoms with van der Waals surface area (Å²) in [6.45, 7) is 3.07. The van der Waals surface area contributed by atoms with Gasteiger partial charge in [-0.25, -0.2) is 9.97 Å². The molecular formula is C17H19N5O2S. The van der Waals surface area contributed by atoms with Gasteiger partial charge in [-0.1, -0.05) is 12.1 Å². The third kappa shape index (κ3) is 4.42. The van der Waals surface area contributed by atoms with E-state index in [-0.39, 0.29) is 5.91 Å². The fourth-order valence-corrected chi connectivity index (χ4v) is 3.06. The van der Waals surface area contributed by atoms with Crippen molar-refractivity contribution < 1.29 is 9.32 Å². The molecule has 0 unspecified atom stereocenters. The molecule has 130 valence electrons. The first kappa shape index (κ1) is 17.1. The van der Waals surface area contributed by atoms with E-state index in [1.807, 2.05) is 23.4 Å². The molecule has 0 aromatic carbocycles. The Labute approximate surface area is 149 Å². The third-order valence-electron chi connectivity index (χ3n) is 3.65. The normalized spacial score (nSPS) is 10.6. The van der Waals surface area contributed by atoms with Crippen molar-refractivity contribution in [2.24, 2.45) is 0 Å². The SMILES string of the molecule is CCc1csc(CNC(=O)c2ccc(N(C)Cc3ccon3)nc2)n1. The van der Waals surface area contributed by atoms with Crippen LogP contribution in [-0.2, 0) is 19.5 Å². The Kier molecular flexibility index (Phi) is 5.39. The number of amides is 1. The number of aryl methyl sites for hydroxylation is 1. The lowest BCUT2D eigenvalue weighted by molar-refractivity contribution is 0.0950. The van der Waals surface area contributed by atoms with Gasteiger partial charge in [-0.05, 0) is 18.6 Å². The van der Waals surface area contributed by atoms with Gasteiger partial charge in [0.05, 0.1) is 24.3 Å². The molecule has 7 nitrogen and oxygen atoms in total. The summed E-state index contributed by atoms with van der Waals surface area (Å²) in [6.07, 6.45) is 4.01. The minimum atomic E-state index is -0.161. The number of pyridine rings is 1. The highest BCUT2D eigenvalue weighted by atomic mass is 32.1. The number of thiazole rings is 1. The van der Waals surface area contributed by atoms with E-state index in [4.69, 9.17) is 4.52 Å². The zero-order valence-electron chi connectivity index (χ0n) is 14.1. The van der Waals surface area contributed by atoms with Gasteiger partial charge in [-0.2, -0.15) is 0 Å². The fourth-order valence-electron chi connectivity index (χ4n) is 2.24. The van der Waals surface area contributed by atoms with Crippen LogP contribution < -0.4 is 10.2 Å². The van der Waals surface area contributed by atoms with Crippen molar-refractivity contribution in [3.8, 4) is 0 Å². The lowest BCUT2D eigenvalue weighted by Gasteiger charge is -2.16. The standard InChI is InChI=1S/C17H19N5O2S/c1-3-13-11-25-16(20-13)9-19-17(23)12-4-5-15(18-8-12)22(2)10-14-6-7-24-21-14/h4-8,11H,3,9-10H2,1-2H3,(H,19,23). The number of hydrogen-bond donors (Lipinski definition) is 1. The molecule has 3 aromatic rings. The molecule has 0 aliphatic carbocycles. The molecule has 0 spiro atoms. The number of rotatable bonds is 7. The molecule has 0 saturated heterocycles. The van der Waals surface area contributed by atoms with Crippen LogP contribution >= 0.6 is 11.3 Å². The summed E-state index contributed by atoms with van der Waals surface area (Å²) in [5, 5.41) is 9.67. The highest BCUT2D eigenvalue weighted by molar-refractivity contribution is 7.09. The second-order valence-electron chi connectivity index (χ2n) is 5.52. The molecule has 1 amide bonds. The summed E-state index contributed by atoms with van der Waals surface area (Å²) in [5.74, 6) is 0.596. The quantitative estimate of drug-likeness (QED) is 0.700.